The van der Waals surface area contributed by atoms with Gasteiger partial charge >= 0.3 is 0 Å². The number of aromatic nitrogens is 2. The molecule has 1 heterocycles. The summed E-state index contributed by atoms with van der Waals surface area (Å²) < 4.78 is 0. The summed E-state index contributed by atoms with van der Waals surface area (Å²) in [5.74, 6) is 0.966. The molecular weight excluding hydrogens is 244 g/mol. The lowest BCUT2D eigenvalue weighted by molar-refractivity contribution is 1.04. The quantitative estimate of drug-likeness (QED) is 0.732. The Morgan fingerprint density at radius 3 is 2.40 bits per heavy atom. The van der Waals surface area contributed by atoms with Crippen molar-refractivity contribution in [2.75, 3.05) is 0 Å². The van der Waals surface area contributed by atoms with Gasteiger partial charge in [-0.25, -0.2) is 4.98 Å². The number of nitrogens with one attached hydrogen (secondary N) is 1. The molecule has 2 aromatic carbocycles. The summed E-state index contributed by atoms with van der Waals surface area (Å²) in [4.78, 5) is 8.24. The number of nitrogens with zero attached hydrogens (tertiary/aromatic N) is 1. The molecule has 0 saturated carbocycles. The molecule has 0 amide bonds. The van der Waals surface area contributed by atoms with Gasteiger partial charge in [-0.3, -0.25) is 0 Å². The minimum atomic E-state index is 0.966. The van der Waals surface area contributed by atoms with Crippen molar-refractivity contribution in [1.29, 1.82) is 0 Å². The van der Waals surface area contributed by atoms with Crippen LogP contribution in [0, 0.1) is 6.92 Å². The standard InChI is InChI=1S/C18H20N2/c1-4-13-10-16-17(11-14(13)5-2)20-18(19-16)15-9-7-6-8-12(15)3/h6-11H,4-5H2,1-3H3,(H,19,20). The van der Waals surface area contributed by atoms with Crippen LogP contribution in [0.1, 0.15) is 30.5 Å². The summed E-state index contributed by atoms with van der Waals surface area (Å²) in [6, 6.07) is 12.8. The van der Waals surface area contributed by atoms with Crippen LogP contribution >= 0.6 is 0 Å². The van der Waals surface area contributed by atoms with Gasteiger partial charge in [0.15, 0.2) is 0 Å². The maximum Gasteiger partial charge on any atom is 0.138 e. The highest BCUT2D eigenvalue weighted by Crippen LogP contribution is 2.25. The smallest absolute Gasteiger partial charge is 0.138 e. The van der Waals surface area contributed by atoms with E-state index in [4.69, 9.17) is 4.98 Å². The molecule has 0 aliphatic carbocycles. The van der Waals surface area contributed by atoms with Gasteiger partial charge in [0.2, 0.25) is 0 Å². The van der Waals surface area contributed by atoms with Crippen molar-refractivity contribution < 1.29 is 0 Å². The number of rotatable bonds is 3. The third-order valence-corrected chi connectivity index (χ3v) is 3.97. The number of fused-ring (bicyclic) bond motifs is 1. The van der Waals surface area contributed by atoms with E-state index in [0.29, 0.717) is 0 Å². The second-order valence-corrected chi connectivity index (χ2v) is 5.25. The summed E-state index contributed by atoms with van der Waals surface area (Å²) in [5, 5.41) is 0. The third-order valence-electron chi connectivity index (χ3n) is 3.97. The molecule has 0 atom stereocenters. The molecule has 0 aliphatic heterocycles. The first-order valence-electron chi connectivity index (χ1n) is 7.30. The molecule has 0 spiro atoms. The highest BCUT2D eigenvalue weighted by molar-refractivity contribution is 5.81. The van der Waals surface area contributed by atoms with Gasteiger partial charge in [-0.15, -0.1) is 0 Å². The molecule has 2 heteroatoms. The Morgan fingerprint density at radius 2 is 1.70 bits per heavy atom. The number of imidazole rings is 1. The fourth-order valence-corrected chi connectivity index (χ4v) is 2.77. The topological polar surface area (TPSA) is 28.7 Å². The molecule has 0 unspecified atom stereocenters. The van der Waals surface area contributed by atoms with E-state index in [0.717, 1.165) is 29.7 Å². The van der Waals surface area contributed by atoms with Crippen molar-refractivity contribution in [3.8, 4) is 11.4 Å². The minimum Gasteiger partial charge on any atom is -0.338 e. The van der Waals surface area contributed by atoms with E-state index in [1.54, 1.807) is 0 Å². The van der Waals surface area contributed by atoms with E-state index in [1.807, 2.05) is 0 Å². The van der Waals surface area contributed by atoms with Crippen molar-refractivity contribution in [1.82, 2.24) is 9.97 Å². The predicted molar refractivity (Wildman–Crippen MR) is 85.0 cm³/mol. The second kappa shape index (κ2) is 5.12. The van der Waals surface area contributed by atoms with Crippen LogP contribution in [0.2, 0.25) is 0 Å². The molecular formula is C18H20N2. The van der Waals surface area contributed by atoms with Gasteiger partial charge in [0, 0.05) is 5.56 Å². The molecule has 0 saturated heterocycles. The monoisotopic (exact) mass is 264 g/mol. The zero-order valence-corrected chi connectivity index (χ0v) is 12.3. The summed E-state index contributed by atoms with van der Waals surface area (Å²) in [7, 11) is 0. The van der Waals surface area contributed by atoms with E-state index in [9.17, 15) is 0 Å². The summed E-state index contributed by atoms with van der Waals surface area (Å²) >= 11 is 0. The van der Waals surface area contributed by atoms with Crippen molar-refractivity contribution in [3.05, 3.63) is 53.1 Å². The first-order valence-corrected chi connectivity index (χ1v) is 7.30. The van der Waals surface area contributed by atoms with Crippen LogP contribution in [0.25, 0.3) is 22.4 Å². The summed E-state index contributed by atoms with van der Waals surface area (Å²) in [6.45, 7) is 6.53. The molecule has 0 radical (unpaired) electrons. The van der Waals surface area contributed by atoms with Gasteiger partial charge in [0.05, 0.1) is 11.0 Å². The lowest BCUT2D eigenvalue weighted by atomic mass is 10.0. The number of hydrogen-bond donors (Lipinski definition) is 1. The fourth-order valence-electron chi connectivity index (χ4n) is 2.77. The van der Waals surface area contributed by atoms with Gasteiger partial charge in [0.1, 0.15) is 5.82 Å². The Kier molecular flexibility index (Phi) is 3.31. The number of aryl methyl sites for hydroxylation is 3. The lowest BCUT2D eigenvalue weighted by Crippen LogP contribution is -1.90. The van der Waals surface area contributed by atoms with E-state index < -0.39 is 0 Å². The minimum absolute atomic E-state index is 0.966. The van der Waals surface area contributed by atoms with E-state index in [2.05, 4.69) is 62.2 Å². The van der Waals surface area contributed by atoms with Crippen LogP contribution in [0.3, 0.4) is 0 Å². The van der Waals surface area contributed by atoms with Gasteiger partial charge < -0.3 is 4.98 Å². The summed E-state index contributed by atoms with van der Waals surface area (Å²) in [6.07, 6.45) is 2.13. The highest BCUT2D eigenvalue weighted by Gasteiger charge is 2.09. The number of hydrogen-bond acceptors (Lipinski definition) is 1. The second-order valence-electron chi connectivity index (χ2n) is 5.25. The van der Waals surface area contributed by atoms with Crippen LogP contribution in [-0.2, 0) is 12.8 Å². The van der Waals surface area contributed by atoms with Crippen molar-refractivity contribution in [2.45, 2.75) is 33.6 Å². The maximum atomic E-state index is 4.77. The molecule has 3 rings (SSSR count). The Bertz CT molecular complexity index is 712. The van der Waals surface area contributed by atoms with E-state index in [-0.39, 0.29) is 0 Å². The van der Waals surface area contributed by atoms with Gasteiger partial charge in [-0.05, 0) is 48.6 Å². The molecule has 3 aromatic rings. The average Bonchev–Trinajstić information content (AvgIpc) is 2.88. The van der Waals surface area contributed by atoms with Crippen LogP contribution in [0.15, 0.2) is 36.4 Å². The molecule has 0 fully saturated rings. The molecule has 20 heavy (non-hydrogen) atoms. The molecule has 0 bridgehead atoms. The van der Waals surface area contributed by atoms with E-state index >= 15 is 0 Å². The van der Waals surface area contributed by atoms with Crippen molar-refractivity contribution >= 4 is 11.0 Å². The van der Waals surface area contributed by atoms with Crippen molar-refractivity contribution in [2.24, 2.45) is 0 Å². The van der Waals surface area contributed by atoms with Gasteiger partial charge in [-0.1, -0.05) is 38.1 Å². The molecule has 102 valence electrons. The number of aromatic amines is 1. The Hall–Kier alpha value is -2.09. The third kappa shape index (κ3) is 2.11. The number of H-pyrrole nitrogens is 1. The van der Waals surface area contributed by atoms with Crippen LogP contribution < -0.4 is 0 Å². The van der Waals surface area contributed by atoms with Gasteiger partial charge in [-0.2, -0.15) is 0 Å². The zero-order chi connectivity index (χ0) is 14.1. The molecule has 2 nitrogen and oxygen atoms in total. The summed E-state index contributed by atoms with van der Waals surface area (Å²) in [5.41, 5.74) is 7.45. The van der Waals surface area contributed by atoms with Crippen LogP contribution in [0.5, 0.6) is 0 Å². The SMILES string of the molecule is CCc1cc2nc(-c3ccccc3C)[nH]c2cc1CC. The zero-order valence-electron chi connectivity index (χ0n) is 12.3. The number of benzene rings is 2. The fraction of sp³-hybridized carbons (Fsp3) is 0.278. The normalized spacial score (nSPS) is 11.2. The van der Waals surface area contributed by atoms with Crippen molar-refractivity contribution in [3.63, 3.8) is 0 Å². The van der Waals surface area contributed by atoms with Crippen LogP contribution in [-0.4, -0.2) is 9.97 Å². The van der Waals surface area contributed by atoms with Gasteiger partial charge in [0.25, 0.3) is 0 Å². The van der Waals surface area contributed by atoms with Crippen LogP contribution in [0.4, 0.5) is 0 Å². The molecule has 1 aromatic heterocycles. The molecule has 0 aliphatic rings. The maximum absolute atomic E-state index is 4.77. The van der Waals surface area contributed by atoms with E-state index in [1.165, 1.54) is 22.3 Å². The molecule has 1 N–H and O–H groups in total. The first-order chi connectivity index (χ1) is 9.72. The average molecular weight is 264 g/mol. The first kappa shape index (κ1) is 12.9. The lowest BCUT2D eigenvalue weighted by Gasteiger charge is -2.04. The Balaban J connectivity index is 2.18. The Morgan fingerprint density at radius 1 is 1.00 bits per heavy atom. The largest absolute Gasteiger partial charge is 0.338 e. The predicted octanol–water partition coefficient (Wildman–Crippen LogP) is 4.66. The Labute approximate surface area is 119 Å². The highest BCUT2D eigenvalue weighted by atomic mass is 14.9.